The molecule has 32 heavy (non-hydrogen) atoms. The molecule has 0 saturated heterocycles. The van der Waals surface area contributed by atoms with Crippen molar-refractivity contribution in [1.29, 1.82) is 0 Å². The van der Waals surface area contributed by atoms with E-state index in [9.17, 15) is 18.3 Å². The van der Waals surface area contributed by atoms with Gasteiger partial charge in [-0.15, -0.1) is 0 Å². The molecule has 0 aliphatic rings. The van der Waals surface area contributed by atoms with Gasteiger partial charge in [0.2, 0.25) is 5.75 Å². The summed E-state index contributed by atoms with van der Waals surface area (Å²) in [5.74, 6) is -0.0646. The van der Waals surface area contributed by atoms with Crippen LogP contribution in [0.5, 0.6) is 23.0 Å². The van der Waals surface area contributed by atoms with Gasteiger partial charge in [-0.1, -0.05) is 12.2 Å². The Morgan fingerprint density at radius 3 is 1.84 bits per heavy atom. The van der Waals surface area contributed by atoms with Crippen LogP contribution >= 0.6 is 0 Å². The fourth-order valence-electron chi connectivity index (χ4n) is 2.71. The van der Waals surface area contributed by atoms with E-state index in [0.717, 1.165) is 0 Å². The van der Waals surface area contributed by atoms with Gasteiger partial charge in [0.25, 0.3) is 0 Å². The molecule has 0 aromatic heterocycles. The van der Waals surface area contributed by atoms with Crippen molar-refractivity contribution < 1.29 is 36.7 Å². The number of carbonyl (C=O) groups is 1. The third-order valence-electron chi connectivity index (χ3n) is 4.20. The molecule has 0 atom stereocenters. The summed E-state index contributed by atoms with van der Waals surface area (Å²) in [5.41, 5.74) is 7.79. The molecule has 0 aliphatic heterocycles. The molecule has 11 heteroatoms. The number of rotatable bonds is 10. The summed E-state index contributed by atoms with van der Waals surface area (Å²) in [4.78, 5) is 12.3. The fraction of sp³-hybridized carbons (Fsp3) is 0.190. The maximum Gasteiger partial charge on any atom is 0.380 e. The highest BCUT2D eigenvalue weighted by atomic mass is 32.2. The van der Waals surface area contributed by atoms with Gasteiger partial charge in [-0.05, 0) is 47.5 Å². The van der Waals surface area contributed by atoms with Gasteiger partial charge in [0.05, 0.1) is 33.6 Å². The number of hydrogen-bond donors (Lipinski definition) is 3. The number of nitrogens with two attached hydrogens (primary N) is 2. The first-order valence-electron chi connectivity index (χ1n) is 9.07. The van der Waals surface area contributed by atoms with Crippen molar-refractivity contribution in [2.45, 2.75) is 6.61 Å². The number of ketones is 1. The lowest BCUT2D eigenvalue weighted by molar-refractivity contribution is -0.110. The molecule has 172 valence electrons. The average molecular weight is 464 g/mol. The normalized spacial score (nSPS) is 11.7. The molecular weight excluding hydrogens is 440 g/mol. The Kier molecular flexibility index (Phi) is 8.24. The fourth-order valence-corrected chi connectivity index (χ4v) is 3.11. The number of carbonyl (C=O) groups excluding carboxylic acids is 1. The van der Waals surface area contributed by atoms with Crippen LogP contribution in [-0.2, 0) is 21.7 Å². The molecule has 2 aromatic carbocycles. The first-order chi connectivity index (χ1) is 15.1. The number of anilines is 1. The van der Waals surface area contributed by atoms with Crippen molar-refractivity contribution in [3.8, 4) is 23.0 Å². The number of nitrogen functional groups attached to an aromatic ring is 1. The summed E-state index contributed by atoms with van der Waals surface area (Å²) >= 11 is 0. The Morgan fingerprint density at radius 1 is 0.938 bits per heavy atom. The summed E-state index contributed by atoms with van der Waals surface area (Å²) in [5, 5.41) is 14.3. The number of hydrogen-bond acceptors (Lipinski definition) is 9. The minimum absolute atomic E-state index is 0.0477. The zero-order chi connectivity index (χ0) is 23.9. The number of benzene rings is 2. The van der Waals surface area contributed by atoms with Crippen LogP contribution in [0.4, 0.5) is 5.69 Å². The third-order valence-corrected chi connectivity index (χ3v) is 4.60. The topological polar surface area (TPSA) is 160 Å². The predicted octanol–water partition coefficient (Wildman–Crippen LogP) is 1.66. The van der Waals surface area contributed by atoms with Gasteiger partial charge in [0.15, 0.2) is 17.3 Å². The van der Waals surface area contributed by atoms with Crippen LogP contribution < -0.4 is 29.3 Å². The summed E-state index contributed by atoms with van der Waals surface area (Å²) in [7, 11) is -0.220. The van der Waals surface area contributed by atoms with Crippen molar-refractivity contribution in [3.63, 3.8) is 0 Å². The summed E-state index contributed by atoms with van der Waals surface area (Å²) in [6.45, 7) is -0.271. The lowest BCUT2D eigenvalue weighted by Gasteiger charge is -2.13. The first kappa shape index (κ1) is 24.7. The molecule has 2 aromatic rings. The van der Waals surface area contributed by atoms with Crippen LogP contribution in [0.25, 0.3) is 12.2 Å². The van der Waals surface area contributed by atoms with Crippen molar-refractivity contribution in [3.05, 3.63) is 53.1 Å². The number of ether oxygens (including phenoxy) is 3. The molecule has 0 bridgehead atoms. The number of aliphatic hydroxyl groups excluding tert-OH is 1. The van der Waals surface area contributed by atoms with Crippen LogP contribution in [0.1, 0.15) is 16.7 Å². The number of methoxy groups -OCH3 is 3. The van der Waals surface area contributed by atoms with E-state index in [2.05, 4.69) is 0 Å². The molecule has 0 fully saturated rings. The molecule has 0 radical (unpaired) electrons. The number of allylic oxidation sites excluding steroid dienone is 2. The highest BCUT2D eigenvalue weighted by Crippen LogP contribution is 2.39. The summed E-state index contributed by atoms with van der Waals surface area (Å²) in [6, 6.07) is 6.19. The Balaban J connectivity index is 2.27. The van der Waals surface area contributed by atoms with Gasteiger partial charge < -0.3 is 29.2 Å². The smallest absolute Gasteiger partial charge is 0.380 e. The van der Waals surface area contributed by atoms with Crippen molar-refractivity contribution in [2.75, 3.05) is 27.1 Å². The highest BCUT2D eigenvalue weighted by Gasteiger charge is 2.18. The van der Waals surface area contributed by atoms with Crippen LogP contribution in [0.15, 0.2) is 36.4 Å². The van der Waals surface area contributed by atoms with E-state index < -0.39 is 10.3 Å². The molecule has 0 amide bonds. The molecule has 0 unspecified atom stereocenters. The highest BCUT2D eigenvalue weighted by molar-refractivity contribution is 7.84. The second kappa shape index (κ2) is 10.7. The average Bonchev–Trinajstić information content (AvgIpc) is 2.76. The second-order valence-corrected chi connectivity index (χ2v) is 7.51. The van der Waals surface area contributed by atoms with E-state index in [0.29, 0.717) is 28.1 Å². The zero-order valence-electron chi connectivity index (χ0n) is 17.7. The Bertz CT molecular complexity index is 1110. The molecule has 0 heterocycles. The summed E-state index contributed by atoms with van der Waals surface area (Å²) in [6.07, 6.45) is 5.67. The lowest BCUT2D eigenvalue weighted by Crippen LogP contribution is -2.19. The summed E-state index contributed by atoms with van der Waals surface area (Å²) < 4.78 is 42.7. The minimum Gasteiger partial charge on any atom is -0.495 e. The first-order valence-corrected chi connectivity index (χ1v) is 10.5. The van der Waals surface area contributed by atoms with E-state index in [1.807, 2.05) is 0 Å². The Morgan fingerprint density at radius 2 is 1.41 bits per heavy atom. The molecular formula is C21H24N2O8S. The Hall–Kier alpha value is -3.54. The van der Waals surface area contributed by atoms with Crippen molar-refractivity contribution >= 4 is 33.9 Å². The van der Waals surface area contributed by atoms with Gasteiger partial charge >= 0.3 is 10.3 Å². The number of aliphatic hydroxyl groups is 1. The van der Waals surface area contributed by atoms with Crippen LogP contribution in [-0.4, -0.2) is 40.6 Å². The quantitative estimate of drug-likeness (QED) is 0.351. The van der Waals surface area contributed by atoms with Gasteiger partial charge in [-0.25, -0.2) is 0 Å². The maximum absolute atomic E-state index is 12.3. The monoisotopic (exact) mass is 464 g/mol. The lowest BCUT2D eigenvalue weighted by atomic mass is 10.1. The molecule has 0 saturated carbocycles. The van der Waals surface area contributed by atoms with Crippen LogP contribution in [0.2, 0.25) is 0 Å². The SMILES string of the molecule is COc1cc(C=CC(=O)C=Cc2cc(OC)c(OS(N)(=O)=O)c(OC)c2)cc(CO)c1N. The van der Waals surface area contributed by atoms with Crippen LogP contribution in [0, 0.1) is 0 Å². The van der Waals surface area contributed by atoms with Gasteiger partial charge in [-0.2, -0.15) is 13.6 Å². The largest absolute Gasteiger partial charge is 0.495 e. The van der Waals surface area contributed by atoms with Gasteiger partial charge in [-0.3, -0.25) is 4.79 Å². The third kappa shape index (κ3) is 6.48. The molecule has 5 N–H and O–H groups in total. The van der Waals surface area contributed by atoms with E-state index >= 15 is 0 Å². The molecule has 0 spiro atoms. The van der Waals surface area contributed by atoms with E-state index in [-0.39, 0.29) is 29.6 Å². The van der Waals surface area contributed by atoms with Gasteiger partial charge in [0.1, 0.15) is 5.75 Å². The van der Waals surface area contributed by atoms with E-state index in [1.165, 1.54) is 51.7 Å². The van der Waals surface area contributed by atoms with E-state index in [4.69, 9.17) is 29.3 Å². The maximum atomic E-state index is 12.3. The van der Waals surface area contributed by atoms with Crippen LogP contribution in [0.3, 0.4) is 0 Å². The Labute approximate surface area is 185 Å². The van der Waals surface area contributed by atoms with Crippen molar-refractivity contribution in [1.82, 2.24) is 0 Å². The molecule has 0 aliphatic carbocycles. The van der Waals surface area contributed by atoms with E-state index in [1.54, 1.807) is 18.2 Å². The predicted molar refractivity (Wildman–Crippen MR) is 120 cm³/mol. The zero-order valence-corrected chi connectivity index (χ0v) is 18.5. The molecule has 10 nitrogen and oxygen atoms in total. The minimum atomic E-state index is -4.30. The molecule has 2 rings (SSSR count). The van der Waals surface area contributed by atoms with Gasteiger partial charge in [0, 0.05) is 5.56 Å². The standard InChI is InChI=1S/C21H24N2O8S/c1-28-17-9-13(8-15(12-24)20(17)22)4-6-16(25)7-5-14-10-18(29-2)21(19(11-14)30-3)31-32(23,26)27/h4-11,24H,12,22H2,1-3H3,(H2,23,26,27). The second-order valence-electron chi connectivity index (χ2n) is 6.35. The van der Waals surface area contributed by atoms with Crippen molar-refractivity contribution in [2.24, 2.45) is 5.14 Å².